The molecule has 0 bridgehead atoms. The van der Waals surface area contributed by atoms with Crippen molar-refractivity contribution in [2.45, 2.75) is 19.1 Å². The lowest BCUT2D eigenvalue weighted by Crippen LogP contribution is -1.98. The molecule has 0 aromatic carbocycles. The molecule has 0 saturated heterocycles. The van der Waals surface area contributed by atoms with Crippen molar-refractivity contribution in [1.82, 2.24) is 0 Å². The van der Waals surface area contributed by atoms with Crippen LogP contribution in [0.1, 0.15) is 27.3 Å². The van der Waals surface area contributed by atoms with Crippen molar-refractivity contribution in [1.29, 1.82) is 0 Å². The number of carbonyl (C=O) groups is 2. The van der Waals surface area contributed by atoms with Gasteiger partial charge in [-0.3, -0.25) is 9.59 Å². The smallest absolute Gasteiger partial charge is 0.303 e. The van der Waals surface area contributed by atoms with Crippen molar-refractivity contribution in [2.75, 3.05) is 0 Å². The van der Waals surface area contributed by atoms with E-state index in [9.17, 15) is 9.59 Å². The predicted octanol–water partition coefficient (Wildman–Crippen LogP) is 0.326. The SMILES string of the molecule is [2H]C([2H])(C(=O)O)C([2H])([2H])C([2H])([2H])C(=O)O. The number of hydrogen-bond donors (Lipinski definition) is 2. The second-order valence-electron chi connectivity index (χ2n) is 0.985. The van der Waals surface area contributed by atoms with Crippen LogP contribution in [0.15, 0.2) is 0 Å². The normalized spacial score (nSPS) is 23.6. The van der Waals surface area contributed by atoms with Crippen LogP contribution in [-0.2, 0) is 9.59 Å². The summed E-state index contributed by atoms with van der Waals surface area (Å²) in [4.78, 5) is 20.7. The van der Waals surface area contributed by atoms with E-state index in [0.29, 0.717) is 0 Å². The molecule has 4 nitrogen and oxygen atoms in total. The molecule has 0 radical (unpaired) electrons. The highest BCUT2D eigenvalue weighted by Crippen LogP contribution is 1.93. The number of carboxylic acid groups (broad SMARTS) is 2. The van der Waals surface area contributed by atoms with Crippen LogP contribution in [0, 0.1) is 0 Å². The van der Waals surface area contributed by atoms with Crippen LogP contribution in [-0.4, -0.2) is 22.2 Å². The Morgan fingerprint density at radius 2 is 1.56 bits per heavy atom. The van der Waals surface area contributed by atoms with Crippen molar-refractivity contribution in [3.63, 3.8) is 0 Å². The Balaban J connectivity index is 5.50. The highest BCUT2D eigenvalue weighted by molar-refractivity contribution is 5.69. The van der Waals surface area contributed by atoms with Crippen LogP contribution >= 0.6 is 0 Å². The van der Waals surface area contributed by atoms with Gasteiger partial charge in [0.25, 0.3) is 0 Å². The predicted molar refractivity (Wildman–Crippen MR) is 29.1 cm³/mol. The van der Waals surface area contributed by atoms with E-state index < -0.39 is 31.1 Å². The molecule has 0 atom stereocenters. The summed E-state index contributed by atoms with van der Waals surface area (Å²) < 4.78 is 41.2. The van der Waals surface area contributed by atoms with Gasteiger partial charge in [-0.25, -0.2) is 0 Å². The number of aliphatic carboxylic acids is 2. The van der Waals surface area contributed by atoms with Crippen LogP contribution in [0.3, 0.4) is 0 Å². The van der Waals surface area contributed by atoms with Crippen LogP contribution in [0.5, 0.6) is 0 Å². The average Bonchev–Trinajstić information content (AvgIpc) is 2.02. The molecule has 0 unspecified atom stereocenters. The maximum Gasteiger partial charge on any atom is 0.303 e. The zero-order valence-electron chi connectivity index (χ0n) is 10.2. The van der Waals surface area contributed by atoms with Crippen LogP contribution in [0.25, 0.3) is 0 Å². The maximum atomic E-state index is 10.4. The average molecular weight is 138 g/mol. The molecular weight excluding hydrogens is 124 g/mol. The summed E-state index contributed by atoms with van der Waals surface area (Å²) in [5, 5.41) is 16.7. The van der Waals surface area contributed by atoms with Crippen LogP contribution < -0.4 is 0 Å². The van der Waals surface area contributed by atoms with Gasteiger partial charge < -0.3 is 10.2 Å². The van der Waals surface area contributed by atoms with E-state index in [-0.39, 0.29) is 0 Å². The highest BCUT2D eigenvalue weighted by Gasteiger charge is 1.99. The van der Waals surface area contributed by atoms with Gasteiger partial charge in [-0.2, -0.15) is 0 Å². The van der Waals surface area contributed by atoms with Gasteiger partial charge in [0.2, 0.25) is 0 Å². The Kier molecular flexibility index (Phi) is 0.986. The van der Waals surface area contributed by atoms with Gasteiger partial charge in [0.1, 0.15) is 0 Å². The van der Waals surface area contributed by atoms with E-state index in [1.807, 2.05) is 0 Å². The van der Waals surface area contributed by atoms with Gasteiger partial charge in [-0.1, -0.05) is 0 Å². The zero-order chi connectivity index (χ0) is 12.7. The summed E-state index contributed by atoms with van der Waals surface area (Å²) in [5.41, 5.74) is 0. The fraction of sp³-hybridized carbons (Fsp3) is 0.600. The summed E-state index contributed by atoms with van der Waals surface area (Å²) in [6.07, 6.45) is -11.0. The third-order valence-electron chi connectivity index (χ3n) is 0.339. The summed E-state index contributed by atoms with van der Waals surface area (Å²) in [6.45, 7) is 0. The molecule has 0 aliphatic carbocycles. The number of rotatable bonds is 4. The molecule has 0 aromatic rings. The van der Waals surface area contributed by atoms with Crippen LogP contribution in [0.2, 0.25) is 0 Å². The monoisotopic (exact) mass is 138 g/mol. The standard InChI is InChI=1S/C5H8O4/c6-4(7)2-1-3-5(8)9/h1-3H2,(H,6,7)(H,8,9)/i1D2,2D2,3D2. The molecule has 0 spiro atoms. The van der Waals surface area contributed by atoms with Gasteiger partial charge in [-0.05, 0) is 6.37 Å². The minimum atomic E-state index is -3.70. The molecule has 4 heteroatoms. The Hall–Kier alpha value is -1.06. The largest absolute Gasteiger partial charge is 0.481 e. The third-order valence-corrected chi connectivity index (χ3v) is 0.339. The van der Waals surface area contributed by atoms with Gasteiger partial charge >= 0.3 is 11.9 Å². The first-order chi connectivity index (χ1) is 6.39. The Morgan fingerprint density at radius 3 is 1.78 bits per heavy atom. The summed E-state index contributed by atoms with van der Waals surface area (Å²) in [6, 6.07) is 0. The lowest BCUT2D eigenvalue weighted by atomic mass is 10.2. The molecule has 52 valence electrons. The molecule has 0 aliphatic rings. The zero-order valence-corrected chi connectivity index (χ0v) is 4.21. The van der Waals surface area contributed by atoms with Crippen LogP contribution in [0.4, 0.5) is 0 Å². The molecule has 0 amide bonds. The van der Waals surface area contributed by atoms with E-state index in [1.54, 1.807) is 0 Å². The molecule has 0 heterocycles. The summed E-state index contributed by atoms with van der Waals surface area (Å²) in [7, 11) is 0. The van der Waals surface area contributed by atoms with E-state index in [1.165, 1.54) is 0 Å². The van der Waals surface area contributed by atoms with Gasteiger partial charge in [0.15, 0.2) is 0 Å². The van der Waals surface area contributed by atoms with E-state index in [0.717, 1.165) is 0 Å². The van der Waals surface area contributed by atoms with E-state index >= 15 is 0 Å². The molecular formula is C5H8O4. The first-order valence-corrected chi connectivity index (χ1v) is 1.86. The molecule has 0 rings (SSSR count). The highest BCUT2D eigenvalue weighted by atomic mass is 16.4. The van der Waals surface area contributed by atoms with Crippen molar-refractivity contribution in [2.24, 2.45) is 0 Å². The van der Waals surface area contributed by atoms with Gasteiger partial charge in [-0.15, -0.1) is 0 Å². The fourth-order valence-corrected chi connectivity index (χ4v) is 0.138. The lowest BCUT2D eigenvalue weighted by molar-refractivity contribution is -0.138. The molecule has 0 aliphatic heterocycles. The molecule has 0 aromatic heterocycles. The van der Waals surface area contributed by atoms with Crippen molar-refractivity contribution in [3.05, 3.63) is 0 Å². The van der Waals surface area contributed by atoms with E-state index in [4.69, 9.17) is 18.4 Å². The third kappa shape index (κ3) is 6.94. The maximum absolute atomic E-state index is 10.4. The summed E-state index contributed by atoms with van der Waals surface area (Å²) >= 11 is 0. The molecule has 9 heavy (non-hydrogen) atoms. The second-order valence-corrected chi connectivity index (χ2v) is 0.985. The minimum absolute atomic E-state index is 2.27. The second kappa shape index (κ2) is 3.88. The first kappa shape index (κ1) is 2.28. The Bertz CT molecular complexity index is 270. The van der Waals surface area contributed by atoms with Gasteiger partial charge in [0.05, 0.1) is 0 Å². The first-order valence-electron chi connectivity index (χ1n) is 4.86. The quantitative estimate of drug-likeness (QED) is 0.586. The Morgan fingerprint density at radius 1 is 1.22 bits per heavy atom. The number of hydrogen-bond acceptors (Lipinski definition) is 2. The minimum Gasteiger partial charge on any atom is -0.481 e. The number of carboxylic acids is 2. The molecule has 0 saturated carbocycles. The molecule has 0 fully saturated rings. The van der Waals surface area contributed by atoms with Gasteiger partial charge in [0, 0.05) is 21.0 Å². The van der Waals surface area contributed by atoms with Crippen molar-refractivity contribution < 1.29 is 28.0 Å². The summed E-state index contributed by atoms with van der Waals surface area (Å²) in [5.74, 6) is -4.53. The lowest BCUT2D eigenvalue weighted by Gasteiger charge is -1.89. The topological polar surface area (TPSA) is 74.6 Å². The fourth-order valence-electron chi connectivity index (χ4n) is 0.138. The van der Waals surface area contributed by atoms with Crippen molar-refractivity contribution >= 4 is 11.9 Å². The molecule has 2 N–H and O–H groups in total. The Labute approximate surface area is 60.5 Å². The van der Waals surface area contributed by atoms with Crippen molar-refractivity contribution in [3.8, 4) is 0 Å². The van der Waals surface area contributed by atoms with E-state index in [2.05, 4.69) is 0 Å².